The summed E-state index contributed by atoms with van der Waals surface area (Å²) < 4.78 is 0. The maximum Gasteiger partial charge on any atom is 0.304 e. The number of carboxylic acids is 1. The summed E-state index contributed by atoms with van der Waals surface area (Å²) in [5, 5.41) is 11.0. The topological polar surface area (TPSA) is 69.6 Å². The average Bonchev–Trinajstić information content (AvgIpc) is 2.17. The second kappa shape index (κ2) is 7.32. The van der Waals surface area contributed by atoms with Crippen molar-refractivity contribution < 1.29 is 14.7 Å². The lowest BCUT2D eigenvalue weighted by Crippen LogP contribution is -2.31. The maximum atomic E-state index is 10.9. The van der Waals surface area contributed by atoms with Gasteiger partial charge in [-0.3, -0.25) is 9.59 Å². The van der Waals surface area contributed by atoms with E-state index in [1.54, 1.807) is 7.05 Å². The molecule has 0 spiro atoms. The van der Waals surface area contributed by atoms with Crippen molar-refractivity contribution in [2.75, 3.05) is 26.7 Å². The summed E-state index contributed by atoms with van der Waals surface area (Å²) in [4.78, 5) is 23.2. The van der Waals surface area contributed by atoms with E-state index in [2.05, 4.69) is 5.32 Å². The Morgan fingerprint density at radius 3 is 2.29 bits per heavy atom. The second-order valence-corrected chi connectivity index (χ2v) is 3.00. The van der Waals surface area contributed by atoms with Gasteiger partial charge in [0.2, 0.25) is 5.91 Å². The van der Waals surface area contributed by atoms with Crippen LogP contribution in [0.5, 0.6) is 0 Å². The molecule has 0 saturated carbocycles. The zero-order chi connectivity index (χ0) is 11.0. The summed E-state index contributed by atoms with van der Waals surface area (Å²) in [7, 11) is 1.59. The predicted octanol–water partition coefficient (Wildman–Crippen LogP) is -0.0809. The molecule has 0 aliphatic rings. The van der Waals surface area contributed by atoms with Gasteiger partial charge in [0.25, 0.3) is 0 Å². The molecule has 0 fully saturated rings. The number of carbonyl (C=O) groups excluding carboxylic acids is 1. The van der Waals surface area contributed by atoms with Crippen LogP contribution in [0.2, 0.25) is 0 Å². The first-order chi connectivity index (χ1) is 6.60. The van der Waals surface area contributed by atoms with Gasteiger partial charge in [-0.05, 0) is 6.54 Å². The highest BCUT2D eigenvalue weighted by Gasteiger charge is 2.07. The Morgan fingerprint density at radius 1 is 1.29 bits per heavy atom. The summed E-state index contributed by atoms with van der Waals surface area (Å²) >= 11 is 0. The molecule has 82 valence electrons. The van der Waals surface area contributed by atoms with Gasteiger partial charge in [-0.1, -0.05) is 6.92 Å². The molecule has 0 aromatic heterocycles. The Morgan fingerprint density at radius 2 is 1.86 bits per heavy atom. The van der Waals surface area contributed by atoms with Gasteiger partial charge in [-0.25, -0.2) is 0 Å². The lowest BCUT2D eigenvalue weighted by Gasteiger charge is -2.18. The standard InChI is InChI=1S/C9H18N2O3/c1-3-11(7-5-9(13)14)6-4-8(12)10-2/h3-7H2,1-2H3,(H,10,12)(H,13,14). The molecule has 1 amide bonds. The molecule has 14 heavy (non-hydrogen) atoms. The van der Waals surface area contributed by atoms with Crippen molar-refractivity contribution in [2.24, 2.45) is 0 Å². The number of hydrogen-bond acceptors (Lipinski definition) is 3. The van der Waals surface area contributed by atoms with Crippen molar-refractivity contribution >= 4 is 11.9 Å². The Hall–Kier alpha value is -1.10. The fraction of sp³-hybridized carbons (Fsp3) is 0.778. The van der Waals surface area contributed by atoms with Gasteiger partial charge in [0.1, 0.15) is 0 Å². The van der Waals surface area contributed by atoms with Crippen LogP contribution >= 0.6 is 0 Å². The second-order valence-electron chi connectivity index (χ2n) is 3.00. The van der Waals surface area contributed by atoms with Crippen LogP contribution in [0.3, 0.4) is 0 Å². The van der Waals surface area contributed by atoms with E-state index in [1.165, 1.54) is 0 Å². The highest BCUT2D eigenvalue weighted by molar-refractivity contribution is 5.75. The van der Waals surface area contributed by atoms with Crippen LogP contribution in [-0.2, 0) is 9.59 Å². The fourth-order valence-corrected chi connectivity index (χ4v) is 1.07. The Bertz CT molecular complexity index is 194. The lowest BCUT2D eigenvalue weighted by molar-refractivity contribution is -0.137. The monoisotopic (exact) mass is 202 g/mol. The summed E-state index contributed by atoms with van der Waals surface area (Å²) in [6.07, 6.45) is 0.547. The van der Waals surface area contributed by atoms with Gasteiger partial charge in [0.15, 0.2) is 0 Å². The van der Waals surface area contributed by atoms with Gasteiger partial charge in [0.05, 0.1) is 6.42 Å². The average molecular weight is 202 g/mol. The number of nitrogens with one attached hydrogen (secondary N) is 1. The number of rotatable bonds is 7. The van der Waals surface area contributed by atoms with Crippen molar-refractivity contribution in [1.29, 1.82) is 0 Å². The molecule has 0 bridgehead atoms. The van der Waals surface area contributed by atoms with E-state index >= 15 is 0 Å². The van der Waals surface area contributed by atoms with E-state index in [9.17, 15) is 9.59 Å². The van der Waals surface area contributed by atoms with Crippen LogP contribution in [0.25, 0.3) is 0 Å². The summed E-state index contributed by atoms with van der Waals surface area (Å²) in [6.45, 7) is 3.84. The largest absolute Gasteiger partial charge is 0.481 e. The minimum absolute atomic E-state index is 0.0150. The van der Waals surface area contributed by atoms with E-state index in [-0.39, 0.29) is 12.3 Å². The number of carboxylic acid groups (broad SMARTS) is 1. The minimum atomic E-state index is -0.802. The van der Waals surface area contributed by atoms with Crippen LogP contribution in [0.15, 0.2) is 0 Å². The summed E-state index contributed by atoms with van der Waals surface area (Å²) in [6, 6.07) is 0. The molecule has 0 heterocycles. The van der Waals surface area contributed by atoms with E-state index in [0.717, 1.165) is 6.54 Å². The van der Waals surface area contributed by atoms with Gasteiger partial charge < -0.3 is 15.3 Å². The highest BCUT2D eigenvalue weighted by atomic mass is 16.4. The van der Waals surface area contributed by atoms with Gasteiger partial charge in [-0.2, -0.15) is 0 Å². The van der Waals surface area contributed by atoms with Crippen molar-refractivity contribution in [3.8, 4) is 0 Å². The van der Waals surface area contributed by atoms with E-state index in [0.29, 0.717) is 19.5 Å². The number of hydrogen-bond donors (Lipinski definition) is 2. The molecule has 5 nitrogen and oxygen atoms in total. The fourth-order valence-electron chi connectivity index (χ4n) is 1.07. The van der Waals surface area contributed by atoms with Crippen LogP contribution in [0.1, 0.15) is 19.8 Å². The first-order valence-electron chi connectivity index (χ1n) is 4.74. The first kappa shape index (κ1) is 12.9. The molecule has 2 N–H and O–H groups in total. The maximum absolute atomic E-state index is 10.9. The quantitative estimate of drug-likeness (QED) is 0.606. The van der Waals surface area contributed by atoms with Crippen LogP contribution in [0, 0.1) is 0 Å². The normalized spacial score (nSPS) is 10.2. The molecule has 0 aliphatic heterocycles. The zero-order valence-corrected chi connectivity index (χ0v) is 8.75. The molecule has 0 radical (unpaired) electrons. The van der Waals surface area contributed by atoms with Gasteiger partial charge >= 0.3 is 5.97 Å². The third kappa shape index (κ3) is 6.42. The number of amides is 1. The summed E-state index contributed by atoms with van der Waals surface area (Å²) in [5.41, 5.74) is 0. The SMILES string of the molecule is CCN(CCC(=O)O)CCC(=O)NC. The highest BCUT2D eigenvalue weighted by Crippen LogP contribution is 1.94. The van der Waals surface area contributed by atoms with Gasteiger partial charge in [-0.15, -0.1) is 0 Å². The third-order valence-electron chi connectivity index (χ3n) is 2.02. The molecule has 0 aromatic carbocycles. The Labute approximate surface area is 84.1 Å². The summed E-state index contributed by atoms with van der Waals surface area (Å²) in [5.74, 6) is -0.817. The molecule has 0 saturated heterocycles. The Balaban J connectivity index is 3.68. The van der Waals surface area contributed by atoms with Crippen molar-refractivity contribution in [2.45, 2.75) is 19.8 Å². The molecular weight excluding hydrogens is 184 g/mol. The van der Waals surface area contributed by atoms with Crippen LogP contribution < -0.4 is 5.32 Å². The van der Waals surface area contributed by atoms with Crippen LogP contribution in [-0.4, -0.2) is 48.6 Å². The number of nitrogens with zero attached hydrogens (tertiary/aromatic N) is 1. The number of aliphatic carboxylic acids is 1. The molecule has 0 aliphatic carbocycles. The number of carbonyl (C=O) groups is 2. The van der Waals surface area contributed by atoms with Crippen molar-refractivity contribution in [1.82, 2.24) is 10.2 Å². The zero-order valence-electron chi connectivity index (χ0n) is 8.75. The molecular formula is C9H18N2O3. The van der Waals surface area contributed by atoms with Crippen LogP contribution in [0.4, 0.5) is 0 Å². The van der Waals surface area contributed by atoms with E-state index < -0.39 is 5.97 Å². The van der Waals surface area contributed by atoms with Crippen molar-refractivity contribution in [3.05, 3.63) is 0 Å². The molecule has 5 heteroatoms. The molecule has 0 atom stereocenters. The molecule has 0 rings (SSSR count). The molecule has 0 unspecified atom stereocenters. The first-order valence-corrected chi connectivity index (χ1v) is 4.74. The van der Waals surface area contributed by atoms with Crippen molar-refractivity contribution in [3.63, 3.8) is 0 Å². The van der Waals surface area contributed by atoms with E-state index in [1.807, 2.05) is 11.8 Å². The minimum Gasteiger partial charge on any atom is -0.481 e. The predicted molar refractivity (Wildman–Crippen MR) is 53.1 cm³/mol. The van der Waals surface area contributed by atoms with Gasteiger partial charge in [0, 0.05) is 26.6 Å². The molecule has 0 aromatic rings. The van der Waals surface area contributed by atoms with E-state index in [4.69, 9.17) is 5.11 Å². The lowest BCUT2D eigenvalue weighted by atomic mass is 10.3. The third-order valence-corrected chi connectivity index (χ3v) is 2.02. The smallest absolute Gasteiger partial charge is 0.304 e. The Kier molecular flexibility index (Phi) is 6.74.